The molecular weight excluding hydrogens is 212 g/mol. The number of hydrogen-bond acceptors (Lipinski definition) is 2. The van der Waals surface area contributed by atoms with Gasteiger partial charge in [-0.05, 0) is 37.5 Å². The van der Waals surface area contributed by atoms with Crippen LogP contribution >= 0.6 is 0 Å². The van der Waals surface area contributed by atoms with Crippen LogP contribution in [0.15, 0.2) is 12.2 Å². The van der Waals surface area contributed by atoms with Crippen LogP contribution in [-0.2, 0) is 4.74 Å². The molecular formula is C15H24O2. The zero-order valence-electron chi connectivity index (χ0n) is 11.2. The van der Waals surface area contributed by atoms with Gasteiger partial charge >= 0.3 is 0 Å². The molecule has 2 bridgehead atoms. The SMILES string of the molecule is C=C1CC[C@@]23O[C@@](C(C)C)(CC[C@H]2C)[C@H](O)[C@H]13. The second kappa shape index (κ2) is 3.36. The van der Waals surface area contributed by atoms with E-state index >= 15 is 0 Å². The Hall–Kier alpha value is -0.340. The van der Waals surface area contributed by atoms with Gasteiger partial charge < -0.3 is 9.84 Å². The Morgan fingerprint density at radius 3 is 2.76 bits per heavy atom. The summed E-state index contributed by atoms with van der Waals surface area (Å²) in [5.41, 5.74) is 0.813. The Balaban J connectivity index is 2.09. The van der Waals surface area contributed by atoms with Crippen molar-refractivity contribution in [1.82, 2.24) is 0 Å². The van der Waals surface area contributed by atoms with E-state index in [1.807, 2.05) is 0 Å². The van der Waals surface area contributed by atoms with Crippen molar-refractivity contribution < 1.29 is 9.84 Å². The van der Waals surface area contributed by atoms with E-state index in [-0.39, 0.29) is 23.2 Å². The third kappa shape index (κ3) is 1.18. The maximum Gasteiger partial charge on any atom is 0.0977 e. The van der Waals surface area contributed by atoms with Crippen LogP contribution in [0.3, 0.4) is 0 Å². The van der Waals surface area contributed by atoms with E-state index in [1.165, 1.54) is 12.0 Å². The summed E-state index contributed by atoms with van der Waals surface area (Å²) in [6.45, 7) is 10.8. The van der Waals surface area contributed by atoms with Gasteiger partial charge in [-0.15, -0.1) is 0 Å². The standard InChI is InChI=1S/C15H24O2/c1-9(2)14-8-6-11(4)15(17-14)7-5-10(3)12(15)13(14)16/h9,11-13,16H,3,5-8H2,1-2,4H3/t11-,12+,13-,14-,15-/m1/s1. The first kappa shape index (κ1) is 11.7. The van der Waals surface area contributed by atoms with Gasteiger partial charge in [0.1, 0.15) is 0 Å². The maximum atomic E-state index is 10.8. The topological polar surface area (TPSA) is 29.5 Å². The molecule has 2 aliphatic heterocycles. The number of ether oxygens (including phenoxy) is 1. The van der Waals surface area contributed by atoms with Crippen molar-refractivity contribution in [3.8, 4) is 0 Å². The van der Waals surface area contributed by atoms with Crippen molar-refractivity contribution in [3.05, 3.63) is 12.2 Å². The number of aliphatic hydroxyl groups is 1. The molecule has 1 spiro atoms. The fraction of sp³-hybridized carbons (Fsp3) is 0.867. The van der Waals surface area contributed by atoms with E-state index in [2.05, 4.69) is 27.4 Å². The molecule has 3 fully saturated rings. The van der Waals surface area contributed by atoms with Crippen molar-refractivity contribution in [1.29, 1.82) is 0 Å². The first-order valence-corrected chi connectivity index (χ1v) is 7.00. The molecule has 5 atom stereocenters. The second-order valence-corrected chi connectivity index (χ2v) is 6.69. The molecule has 0 aromatic rings. The third-order valence-electron chi connectivity index (χ3n) is 5.78. The largest absolute Gasteiger partial charge is 0.389 e. The highest BCUT2D eigenvalue weighted by Gasteiger charge is 2.69. The van der Waals surface area contributed by atoms with Gasteiger partial charge in [0, 0.05) is 5.92 Å². The minimum atomic E-state index is -0.345. The first-order valence-electron chi connectivity index (χ1n) is 7.00. The molecule has 1 N–H and O–H groups in total. The Bertz CT molecular complexity index is 362. The summed E-state index contributed by atoms with van der Waals surface area (Å²) in [6, 6.07) is 0. The molecule has 96 valence electrons. The predicted molar refractivity (Wildman–Crippen MR) is 67.7 cm³/mol. The molecule has 2 saturated heterocycles. The van der Waals surface area contributed by atoms with Crippen LogP contribution in [0.1, 0.15) is 46.5 Å². The van der Waals surface area contributed by atoms with E-state index < -0.39 is 0 Å². The first-order chi connectivity index (χ1) is 7.94. The summed E-state index contributed by atoms with van der Waals surface area (Å²) < 4.78 is 6.54. The van der Waals surface area contributed by atoms with Crippen molar-refractivity contribution in [2.24, 2.45) is 17.8 Å². The molecule has 1 aliphatic carbocycles. The van der Waals surface area contributed by atoms with Gasteiger partial charge in [-0.1, -0.05) is 32.9 Å². The van der Waals surface area contributed by atoms with Crippen LogP contribution in [0.2, 0.25) is 0 Å². The average Bonchev–Trinajstić information content (AvgIpc) is 2.70. The fourth-order valence-electron chi connectivity index (χ4n) is 4.60. The molecule has 0 radical (unpaired) electrons. The minimum absolute atomic E-state index is 0.0982. The van der Waals surface area contributed by atoms with E-state index in [4.69, 9.17) is 4.74 Å². The lowest BCUT2D eigenvalue weighted by atomic mass is 9.78. The van der Waals surface area contributed by atoms with Crippen molar-refractivity contribution in [2.75, 3.05) is 0 Å². The van der Waals surface area contributed by atoms with Gasteiger partial charge in [-0.25, -0.2) is 0 Å². The van der Waals surface area contributed by atoms with Gasteiger partial charge in [-0.2, -0.15) is 0 Å². The zero-order chi connectivity index (χ0) is 12.4. The second-order valence-electron chi connectivity index (χ2n) is 6.69. The van der Waals surface area contributed by atoms with Crippen LogP contribution in [0.4, 0.5) is 0 Å². The highest BCUT2D eigenvalue weighted by atomic mass is 16.6. The van der Waals surface area contributed by atoms with Gasteiger partial charge in [-0.3, -0.25) is 0 Å². The third-order valence-corrected chi connectivity index (χ3v) is 5.78. The molecule has 0 amide bonds. The fourth-order valence-corrected chi connectivity index (χ4v) is 4.60. The van der Waals surface area contributed by atoms with Crippen LogP contribution in [0, 0.1) is 17.8 Å². The van der Waals surface area contributed by atoms with Gasteiger partial charge in [0.2, 0.25) is 0 Å². The molecule has 17 heavy (non-hydrogen) atoms. The normalized spacial score (nSPS) is 53.2. The highest BCUT2D eigenvalue weighted by molar-refractivity contribution is 5.28. The van der Waals surface area contributed by atoms with Gasteiger partial charge in [0.05, 0.1) is 17.3 Å². The summed E-state index contributed by atoms with van der Waals surface area (Å²) in [4.78, 5) is 0. The summed E-state index contributed by atoms with van der Waals surface area (Å²) in [6.07, 6.45) is 3.92. The van der Waals surface area contributed by atoms with Crippen molar-refractivity contribution in [2.45, 2.75) is 63.8 Å². The van der Waals surface area contributed by atoms with E-state index in [1.54, 1.807) is 0 Å². The van der Waals surface area contributed by atoms with Crippen molar-refractivity contribution in [3.63, 3.8) is 0 Å². The molecule has 3 rings (SSSR count). The molecule has 0 unspecified atom stereocenters. The Morgan fingerprint density at radius 1 is 1.41 bits per heavy atom. The van der Waals surface area contributed by atoms with Gasteiger partial charge in [0.15, 0.2) is 0 Å². The Labute approximate surface area is 104 Å². The predicted octanol–water partition coefficient (Wildman–Crippen LogP) is 2.91. The Kier molecular flexibility index (Phi) is 2.32. The molecule has 2 heterocycles. The molecule has 0 aromatic carbocycles. The number of hydrogen-bond donors (Lipinski definition) is 1. The summed E-state index contributed by atoms with van der Waals surface area (Å²) in [7, 11) is 0. The molecule has 2 heteroatoms. The van der Waals surface area contributed by atoms with Gasteiger partial charge in [0.25, 0.3) is 0 Å². The maximum absolute atomic E-state index is 10.8. The van der Waals surface area contributed by atoms with Crippen LogP contribution in [0.5, 0.6) is 0 Å². The smallest absolute Gasteiger partial charge is 0.0977 e. The zero-order valence-corrected chi connectivity index (χ0v) is 11.2. The lowest BCUT2D eigenvalue weighted by Gasteiger charge is -2.46. The van der Waals surface area contributed by atoms with E-state index in [9.17, 15) is 5.11 Å². The Morgan fingerprint density at radius 2 is 2.12 bits per heavy atom. The van der Waals surface area contributed by atoms with Crippen LogP contribution in [0.25, 0.3) is 0 Å². The lowest BCUT2D eigenvalue weighted by molar-refractivity contribution is -0.199. The van der Waals surface area contributed by atoms with E-state index in [0.717, 1.165) is 19.3 Å². The van der Waals surface area contributed by atoms with Crippen molar-refractivity contribution >= 4 is 0 Å². The lowest BCUT2D eigenvalue weighted by Crippen LogP contribution is -2.50. The summed E-state index contributed by atoms with van der Waals surface area (Å²) in [5.74, 6) is 1.11. The highest BCUT2D eigenvalue weighted by Crippen LogP contribution is 2.63. The van der Waals surface area contributed by atoms with E-state index in [0.29, 0.717) is 11.8 Å². The monoisotopic (exact) mass is 236 g/mol. The molecule has 1 saturated carbocycles. The van der Waals surface area contributed by atoms with Crippen LogP contribution in [-0.4, -0.2) is 22.4 Å². The quantitative estimate of drug-likeness (QED) is 0.709. The molecule has 3 aliphatic rings. The number of rotatable bonds is 1. The molecule has 2 nitrogen and oxygen atoms in total. The number of aliphatic hydroxyl groups excluding tert-OH is 1. The minimum Gasteiger partial charge on any atom is -0.389 e. The summed E-state index contributed by atoms with van der Waals surface area (Å²) in [5, 5.41) is 10.8. The average molecular weight is 236 g/mol. The van der Waals surface area contributed by atoms with Crippen LogP contribution < -0.4 is 0 Å². The number of fused-ring (bicyclic) bond motifs is 1. The molecule has 0 aromatic heterocycles. The summed E-state index contributed by atoms with van der Waals surface area (Å²) >= 11 is 0.